The van der Waals surface area contributed by atoms with Crippen molar-refractivity contribution in [2.24, 2.45) is 0 Å². The van der Waals surface area contributed by atoms with Gasteiger partial charge in [0, 0.05) is 30.5 Å². The molecule has 0 N–H and O–H groups in total. The quantitative estimate of drug-likeness (QED) is 0.838. The van der Waals surface area contributed by atoms with Crippen LogP contribution in [0.3, 0.4) is 0 Å². The van der Waals surface area contributed by atoms with Gasteiger partial charge in [-0.05, 0) is 19.3 Å². The fourth-order valence-corrected chi connectivity index (χ4v) is 3.55. The highest BCUT2D eigenvalue weighted by molar-refractivity contribution is 7.09. The maximum Gasteiger partial charge on any atom is 0.410 e. The molecule has 3 aliphatic rings. The van der Waals surface area contributed by atoms with Crippen molar-refractivity contribution in [2.75, 3.05) is 31.1 Å². The van der Waals surface area contributed by atoms with Crippen LogP contribution in [0.5, 0.6) is 0 Å². The molecule has 7 heteroatoms. The van der Waals surface area contributed by atoms with E-state index < -0.39 is 0 Å². The molecule has 0 radical (unpaired) electrons. The Balaban J connectivity index is 1.44. The molecular formula is C12H16N4O2S. The van der Waals surface area contributed by atoms with E-state index in [1.165, 1.54) is 24.4 Å². The number of cyclic esters (lactones) is 1. The first-order valence-electron chi connectivity index (χ1n) is 6.83. The summed E-state index contributed by atoms with van der Waals surface area (Å²) in [5, 5.41) is 1.01. The first-order valence-corrected chi connectivity index (χ1v) is 7.60. The maximum absolute atomic E-state index is 11.6. The SMILES string of the molecule is O=C1OCCN1C1CCN(c2nc(C3CC3)ns2)C1. The molecule has 1 aromatic heterocycles. The lowest BCUT2D eigenvalue weighted by atomic mass is 10.2. The molecule has 1 unspecified atom stereocenters. The van der Waals surface area contributed by atoms with E-state index in [0.717, 1.165) is 37.0 Å². The minimum atomic E-state index is -0.164. The zero-order valence-corrected chi connectivity index (χ0v) is 11.4. The third-order valence-electron chi connectivity index (χ3n) is 4.04. The van der Waals surface area contributed by atoms with Crippen LogP contribution in [0.15, 0.2) is 0 Å². The molecule has 0 spiro atoms. The summed E-state index contributed by atoms with van der Waals surface area (Å²) in [5.41, 5.74) is 0. The van der Waals surface area contributed by atoms with Crippen LogP contribution in [0.4, 0.5) is 9.93 Å². The van der Waals surface area contributed by atoms with Crippen molar-refractivity contribution in [2.45, 2.75) is 31.2 Å². The second-order valence-corrected chi connectivity index (χ2v) is 6.14. The lowest BCUT2D eigenvalue weighted by Gasteiger charge is -2.21. The third kappa shape index (κ3) is 2.05. The van der Waals surface area contributed by atoms with E-state index in [1.54, 1.807) is 0 Å². The molecule has 1 aliphatic carbocycles. The Morgan fingerprint density at radius 2 is 2.16 bits per heavy atom. The Bertz CT molecular complexity index is 502. The van der Waals surface area contributed by atoms with E-state index >= 15 is 0 Å². The van der Waals surface area contributed by atoms with Gasteiger partial charge in [0.1, 0.15) is 12.4 Å². The minimum absolute atomic E-state index is 0.164. The third-order valence-corrected chi connectivity index (χ3v) is 4.83. The van der Waals surface area contributed by atoms with Crippen LogP contribution in [0.1, 0.15) is 31.0 Å². The highest BCUT2D eigenvalue weighted by Crippen LogP contribution is 2.40. The maximum atomic E-state index is 11.6. The van der Waals surface area contributed by atoms with E-state index in [9.17, 15) is 4.79 Å². The standard InChI is InChI=1S/C12H16N4O2S/c17-12-16(5-6-18-12)9-3-4-15(7-9)11-13-10(14-19-11)8-1-2-8/h8-9H,1-7H2. The average Bonchev–Trinajstić information content (AvgIpc) is 2.84. The van der Waals surface area contributed by atoms with E-state index in [1.807, 2.05) is 4.90 Å². The summed E-state index contributed by atoms with van der Waals surface area (Å²) in [5.74, 6) is 1.63. The van der Waals surface area contributed by atoms with Gasteiger partial charge in [-0.1, -0.05) is 0 Å². The number of aromatic nitrogens is 2. The minimum Gasteiger partial charge on any atom is -0.448 e. The normalized spacial score (nSPS) is 27.2. The predicted octanol–water partition coefficient (Wildman–Crippen LogP) is 1.45. The van der Waals surface area contributed by atoms with Gasteiger partial charge in [-0.2, -0.15) is 4.37 Å². The van der Waals surface area contributed by atoms with Gasteiger partial charge < -0.3 is 9.64 Å². The monoisotopic (exact) mass is 280 g/mol. The Kier molecular flexibility index (Phi) is 2.61. The second kappa shape index (κ2) is 4.33. The number of hydrogen-bond donors (Lipinski definition) is 0. The van der Waals surface area contributed by atoms with Crippen molar-refractivity contribution >= 4 is 22.8 Å². The summed E-state index contributed by atoms with van der Waals surface area (Å²) in [4.78, 5) is 20.3. The molecule has 1 saturated carbocycles. The molecule has 4 rings (SSSR count). The van der Waals surface area contributed by atoms with Crippen molar-refractivity contribution < 1.29 is 9.53 Å². The van der Waals surface area contributed by atoms with Crippen molar-refractivity contribution in [3.63, 3.8) is 0 Å². The summed E-state index contributed by atoms with van der Waals surface area (Å²) >= 11 is 1.49. The topological polar surface area (TPSA) is 58.6 Å². The summed E-state index contributed by atoms with van der Waals surface area (Å²) < 4.78 is 9.45. The lowest BCUT2D eigenvalue weighted by Crippen LogP contribution is -2.38. The number of carbonyl (C=O) groups is 1. The number of amides is 1. The molecule has 1 amide bonds. The highest BCUT2D eigenvalue weighted by atomic mass is 32.1. The molecular weight excluding hydrogens is 264 g/mol. The molecule has 19 heavy (non-hydrogen) atoms. The average molecular weight is 280 g/mol. The van der Waals surface area contributed by atoms with Crippen LogP contribution in [-0.2, 0) is 4.74 Å². The predicted molar refractivity (Wildman–Crippen MR) is 70.6 cm³/mol. The van der Waals surface area contributed by atoms with Gasteiger partial charge in [-0.25, -0.2) is 9.78 Å². The summed E-state index contributed by atoms with van der Waals surface area (Å²) in [6, 6.07) is 0.267. The number of rotatable bonds is 3. The lowest BCUT2D eigenvalue weighted by molar-refractivity contribution is 0.150. The smallest absolute Gasteiger partial charge is 0.410 e. The van der Waals surface area contributed by atoms with Crippen LogP contribution >= 0.6 is 11.5 Å². The van der Waals surface area contributed by atoms with Crippen LogP contribution in [0, 0.1) is 0 Å². The van der Waals surface area contributed by atoms with Crippen molar-refractivity contribution in [3.8, 4) is 0 Å². The van der Waals surface area contributed by atoms with Crippen LogP contribution < -0.4 is 4.90 Å². The van der Waals surface area contributed by atoms with Gasteiger partial charge in [0.15, 0.2) is 0 Å². The molecule has 3 heterocycles. The molecule has 3 fully saturated rings. The number of anilines is 1. The van der Waals surface area contributed by atoms with Crippen LogP contribution in [0.25, 0.3) is 0 Å². The van der Waals surface area contributed by atoms with Gasteiger partial charge in [0.05, 0.1) is 12.6 Å². The summed E-state index contributed by atoms with van der Waals surface area (Å²) in [6.45, 7) is 3.06. The molecule has 102 valence electrons. The van der Waals surface area contributed by atoms with E-state index in [2.05, 4.69) is 14.3 Å². The van der Waals surface area contributed by atoms with Gasteiger partial charge in [0.25, 0.3) is 0 Å². The molecule has 6 nitrogen and oxygen atoms in total. The zero-order valence-electron chi connectivity index (χ0n) is 10.6. The number of ether oxygens (including phenoxy) is 1. The van der Waals surface area contributed by atoms with E-state index in [4.69, 9.17) is 4.74 Å². The fraction of sp³-hybridized carbons (Fsp3) is 0.750. The van der Waals surface area contributed by atoms with Crippen LogP contribution in [0.2, 0.25) is 0 Å². The zero-order chi connectivity index (χ0) is 12.8. The van der Waals surface area contributed by atoms with Crippen molar-refractivity contribution in [3.05, 3.63) is 5.82 Å². The number of nitrogens with zero attached hydrogens (tertiary/aromatic N) is 4. The van der Waals surface area contributed by atoms with Crippen molar-refractivity contribution in [1.82, 2.24) is 14.3 Å². The number of carbonyl (C=O) groups excluding carboxylic acids is 1. The highest BCUT2D eigenvalue weighted by Gasteiger charge is 2.36. The van der Waals surface area contributed by atoms with Gasteiger partial charge in [-0.3, -0.25) is 4.90 Å². The Labute approximate surface area is 115 Å². The van der Waals surface area contributed by atoms with Crippen LogP contribution in [-0.4, -0.2) is 52.6 Å². The van der Waals surface area contributed by atoms with Gasteiger partial charge in [-0.15, -0.1) is 0 Å². The largest absolute Gasteiger partial charge is 0.448 e. The Hall–Kier alpha value is -1.37. The first kappa shape index (κ1) is 11.5. The van der Waals surface area contributed by atoms with Gasteiger partial charge >= 0.3 is 6.09 Å². The van der Waals surface area contributed by atoms with E-state index in [0.29, 0.717) is 12.5 Å². The molecule has 0 bridgehead atoms. The Morgan fingerprint density at radius 1 is 1.26 bits per heavy atom. The summed E-state index contributed by atoms with van der Waals surface area (Å²) in [7, 11) is 0. The summed E-state index contributed by atoms with van der Waals surface area (Å²) in [6.07, 6.45) is 3.30. The first-order chi connectivity index (χ1) is 9.31. The molecule has 2 saturated heterocycles. The van der Waals surface area contributed by atoms with Gasteiger partial charge in [0.2, 0.25) is 5.13 Å². The second-order valence-electron chi connectivity index (χ2n) is 5.41. The fourth-order valence-electron chi connectivity index (χ4n) is 2.77. The molecule has 1 atom stereocenters. The number of hydrogen-bond acceptors (Lipinski definition) is 6. The molecule has 2 aliphatic heterocycles. The Morgan fingerprint density at radius 3 is 2.89 bits per heavy atom. The molecule has 1 aromatic rings. The molecule has 0 aromatic carbocycles. The van der Waals surface area contributed by atoms with E-state index in [-0.39, 0.29) is 12.1 Å². The van der Waals surface area contributed by atoms with Crippen molar-refractivity contribution in [1.29, 1.82) is 0 Å².